The van der Waals surface area contributed by atoms with Crippen LogP contribution < -0.4 is 5.32 Å². The number of anilines is 1. The number of hydrogen-bond acceptors (Lipinski definition) is 4. The monoisotopic (exact) mass is 325 g/mol. The lowest BCUT2D eigenvalue weighted by Gasteiger charge is -2.18. The Morgan fingerprint density at radius 2 is 2.00 bits per heavy atom. The summed E-state index contributed by atoms with van der Waals surface area (Å²) < 4.78 is 0. The fourth-order valence-electron chi connectivity index (χ4n) is 2.08. The Bertz CT molecular complexity index is 669. The molecule has 5 nitrogen and oxygen atoms in total. The highest BCUT2D eigenvalue weighted by Gasteiger charge is 2.19. The zero-order valence-electron chi connectivity index (χ0n) is 11.4. The van der Waals surface area contributed by atoms with E-state index in [0.717, 1.165) is 5.56 Å². The van der Waals surface area contributed by atoms with Crippen LogP contribution in [0.5, 0.6) is 0 Å². The summed E-state index contributed by atoms with van der Waals surface area (Å²) in [5.41, 5.74) is 2.08. The topological polar surface area (TPSA) is 68.1 Å². The van der Waals surface area contributed by atoms with E-state index in [1.807, 2.05) is 13.8 Å². The third-order valence-corrected chi connectivity index (χ3v) is 3.57. The van der Waals surface area contributed by atoms with Crippen LogP contribution in [-0.4, -0.2) is 9.91 Å². The van der Waals surface area contributed by atoms with Crippen molar-refractivity contribution in [3.05, 3.63) is 61.9 Å². The van der Waals surface area contributed by atoms with Crippen molar-refractivity contribution in [1.82, 2.24) is 4.98 Å². The molecule has 21 heavy (non-hydrogen) atoms. The lowest BCUT2D eigenvalue weighted by molar-refractivity contribution is -0.385. The molecule has 1 aromatic carbocycles. The number of aromatic nitrogens is 1. The minimum Gasteiger partial charge on any atom is -0.376 e. The molecule has 2 rings (SSSR count). The predicted octanol–water partition coefficient (Wildman–Crippen LogP) is 4.78. The first-order valence-corrected chi connectivity index (χ1v) is 6.98. The van der Waals surface area contributed by atoms with Crippen molar-refractivity contribution in [2.24, 2.45) is 0 Å². The van der Waals surface area contributed by atoms with Gasteiger partial charge in [0.05, 0.1) is 22.2 Å². The Hall–Kier alpha value is -1.85. The van der Waals surface area contributed by atoms with Crippen molar-refractivity contribution >= 4 is 34.6 Å². The Morgan fingerprint density at radius 1 is 1.33 bits per heavy atom. The molecule has 0 aliphatic rings. The highest BCUT2D eigenvalue weighted by molar-refractivity contribution is 6.34. The quantitative estimate of drug-likeness (QED) is 0.499. The van der Waals surface area contributed by atoms with Crippen LogP contribution in [0.15, 0.2) is 30.3 Å². The van der Waals surface area contributed by atoms with E-state index in [9.17, 15) is 10.1 Å². The van der Waals surface area contributed by atoms with Gasteiger partial charge >= 0.3 is 0 Å². The van der Waals surface area contributed by atoms with Crippen molar-refractivity contribution in [3.63, 3.8) is 0 Å². The average Bonchev–Trinajstić information content (AvgIpc) is 2.42. The summed E-state index contributed by atoms with van der Waals surface area (Å²) in [4.78, 5) is 14.7. The molecule has 0 aliphatic carbocycles. The number of nitro groups is 1. The Labute approximate surface area is 132 Å². The number of rotatable bonds is 4. The van der Waals surface area contributed by atoms with Crippen LogP contribution in [0.4, 0.5) is 11.4 Å². The maximum absolute atomic E-state index is 11.1. The molecule has 0 fully saturated rings. The van der Waals surface area contributed by atoms with Crippen LogP contribution in [0.1, 0.15) is 24.1 Å². The normalized spacial score (nSPS) is 12.0. The van der Waals surface area contributed by atoms with Gasteiger partial charge in [-0.05, 0) is 25.5 Å². The number of hydrogen-bond donors (Lipinski definition) is 1. The SMILES string of the molecule is Cc1cc(Cl)nc(Cl)c1NC(C)c1ccccc1[N+](=O)[O-]. The van der Waals surface area contributed by atoms with Gasteiger partial charge in [-0.3, -0.25) is 10.1 Å². The van der Waals surface area contributed by atoms with E-state index in [1.54, 1.807) is 24.3 Å². The van der Waals surface area contributed by atoms with Crippen LogP contribution in [-0.2, 0) is 0 Å². The van der Waals surface area contributed by atoms with Crippen molar-refractivity contribution in [1.29, 1.82) is 0 Å². The molecule has 7 heteroatoms. The Balaban J connectivity index is 2.35. The second kappa shape index (κ2) is 6.28. The molecule has 0 bridgehead atoms. The van der Waals surface area contributed by atoms with Gasteiger partial charge in [0, 0.05) is 6.07 Å². The second-order valence-electron chi connectivity index (χ2n) is 4.61. The molecule has 1 unspecified atom stereocenters. The van der Waals surface area contributed by atoms with Crippen LogP contribution in [0.2, 0.25) is 10.3 Å². The summed E-state index contributed by atoms with van der Waals surface area (Å²) in [6.45, 7) is 3.67. The molecule has 1 atom stereocenters. The standard InChI is InChI=1S/C14H13Cl2N3O2/c1-8-7-12(15)18-14(16)13(8)17-9(2)10-5-3-4-6-11(10)19(20)21/h3-7,9,17H,1-2H3. The second-order valence-corrected chi connectivity index (χ2v) is 5.35. The number of nitrogens with one attached hydrogen (secondary N) is 1. The smallest absolute Gasteiger partial charge is 0.274 e. The summed E-state index contributed by atoms with van der Waals surface area (Å²) in [6, 6.07) is 7.96. The van der Waals surface area contributed by atoms with Gasteiger partial charge in [0.25, 0.3) is 5.69 Å². The van der Waals surface area contributed by atoms with E-state index in [-0.39, 0.29) is 16.9 Å². The van der Waals surface area contributed by atoms with E-state index in [4.69, 9.17) is 23.2 Å². The van der Waals surface area contributed by atoms with Crippen molar-refractivity contribution < 1.29 is 4.92 Å². The third-order valence-electron chi connectivity index (χ3n) is 3.10. The number of aryl methyl sites for hydroxylation is 1. The fraction of sp³-hybridized carbons (Fsp3) is 0.214. The first-order chi connectivity index (χ1) is 9.90. The fourth-order valence-corrected chi connectivity index (χ4v) is 2.67. The summed E-state index contributed by atoms with van der Waals surface area (Å²) >= 11 is 11.9. The zero-order chi connectivity index (χ0) is 15.6. The number of nitro benzene ring substituents is 1. The molecular formula is C14H13Cl2N3O2. The van der Waals surface area contributed by atoms with Crippen LogP contribution >= 0.6 is 23.2 Å². The molecule has 1 heterocycles. The molecule has 0 aliphatic heterocycles. The zero-order valence-corrected chi connectivity index (χ0v) is 12.9. The lowest BCUT2D eigenvalue weighted by atomic mass is 10.1. The van der Waals surface area contributed by atoms with Crippen molar-refractivity contribution in [2.75, 3.05) is 5.32 Å². The van der Waals surface area contributed by atoms with Crippen LogP contribution in [0.25, 0.3) is 0 Å². The molecular weight excluding hydrogens is 313 g/mol. The van der Waals surface area contributed by atoms with E-state index in [0.29, 0.717) is 16.4 Å². The minimum absolute atomic E-state index is 0.0631. The van der Waals surface area contributed by atoms with Crippen molar-refractivity contribution in [3.8, 4) is 0 Å². The summed E-state index contributed by atoms with van der Waals surface area (Å²) in [6.07, 6.45) is 0. The largest absolute Gasteiger partial charge is 0.376 e. The van der Waals surface area contributed by atoms with Crippen molar-refractivity contribution in [2.45, 2.75) is 19.9 Å². The molecule has 1 N–H and O–H groups in total. The maximum atomic E-state index is 11.1. The summed E-state index contributed by atoms with van der Waals surface area (Å²) in [7, 11) is 0. The average molecular weight is 326 g/mol. The lowest BCUT2D eigenvalue weighted by Crippen LogP contribution is -2.10. The minimum atomic E-state index is -0.401. The highest BCUT2D eigenvalue weighted by atomic mass is 35.5. The first-order valence-electron chi connectivity index (χ1n) is 6.22. The Morgan fingerprint density at radius 3 is 2.62 bits per heavy atom. The van der Waals surface area contributed by atoms with Crippen LogP contribution in [0, 0.1) is 17.0 Å². The van der Waals surface area contributed by atoms with Gasteiger partial charge in [0.1, 0.15) is 5.15 Å². The number of pyridine rings is 1. The van der Waals surface area contributed by atoms with Gasteiger partial charge in [-0.15, -0.1) is 0 Å². The summed E-state index contributed by atoms with van der Waals surface area (Å²) in [5.74, 6) is 0. The molecule has 1 aromatic heterocycles. The molecule has 0 spiro atoms. The van der Waals surface area contributed by atoms with Gasteiger partial charge in [0.15, 0.2) is 5.15 Å². The molecule has 0 amide bonds. The molecule has 0 radical (unpaired) electrons. The van der Waals surface area contributed by atoms with Crippen LogP contribution in [0.3, 0.4) is 0 Å². The molecule has 2 aromatic rings. The van der Waals surface area contributed by atoms with Gasteiger partial charge in [-0.2, -0.15) is 0 Å². The first kappa shape index (κ1) is 15.5. The third kappa shape index (κ3) is 3.43. The highest BCUT2D eigenvalue weighted by Crippen LogP contribution is 2.32. The van der Waals surface area contributed by atoms with Gasteiger partial charge in [-0.1, -0.05) is 41.4 Å². The van der Waals surface area contributed by atoms with E-state index in [2.05, 4.69) is 10.3 Å². The maximum Gasteiger partial charge on any atom is 0.274 e. The number of benzene rings is 1. The van der Waals surface area contributed by atoms with Gasteiger partial charge < -0.3 is 5.32 Å². The predicted molar refractivity (Wildman–Crippen MR) is 84.1 cm³/mol. The van der Waals surface area contributed by atoms with E-state index >= 15 is 0 Å². The molecule has 0 saturated carbocycles. The number of para-hydroxylation sites is 1. The van der Waals surface area contributed by atoms with E-state index in [1.165, 1.54) is 6.07 Å². The van der Waals surface area contributed by atoms with Gasteiger partial charge in [0.2, 0.25) is 0 Å². The molecule has 110 valence electrons. The van der Waals surface area contributed by atoms with Gasteiger partial charge in [-0.25, -0.2) is 4.98 Å². The Kier molecular flexibility index (Phi) is 4.65. The summed E-state index contributed by atoms with van der Waals surface area (Å²) in [5, 5.41) is 14.8. The number of nitrogens with zero attached hydrogens (tertiary/aromatic N) is 2. The number of halogens is 2. The van der Waals surface area contributed by atoms with E-state index < -0.39 is 4.92 Å². The molecule has 0 saturated heterocycles.